The lowest BCUT2D eigenvalue weighted by molar-refractivity contribution is -0.243. The molecule has 0 spiro atoms. The summed E-state index contributed by atoms with van der Waals surface area (Å²) >= 11 is 0. The van der Waals surface area contributed by atoms with Gasteiger partial charge < -0.3 is 18.9 Å². The molecule has 170 valence electrons. The van der Waals surface area contributed by atoms with Gasteiger partial charge in [-0.3, -0.25) is 4.79 Å². The lowest BCUT2D eigenvalue weighted by Gasteiger charge is -2.48. The van der Waals surface area contributed by atoms with Crippen molar-refractivity contribution in [3.63, 3.8) is 0 Å². The number of Topliss-reactive ketones (excluding diaryl/α,β-unsaturated/α-hetero) is 1. The summed E-state index contributed by atoms with van der Waals surface area (Å²) in [6.07, 6.45) is 2.71. The van der Waals surface area contributed by atoms with Gasteiger partial charge in [0.2, 0.25) is 12.1 Å². The van der Waals surface area contributed by atoms with Crippen molar-refractivity contribution in [3.8, 4) is 0 Å². The second-order valence-corrected chi connectivity index (χ2v) is 8.54. The van der Waals surface area contributed by atoms with Crippen molar-refractivity contribution < 1.29 is 33.3 Å². The minimum Gasteiger partial charge on any atom is -0.459 e. The Balaban J connectivity index is 1.44. The zero-order valence-electron chi connectivity index (χ0n) is 18.1. The molecule has 5 rings (SSSR count). The van der Waals surface area contributed by atoms with Crippen LogP contribution in [-0.4, -0.2) is 49.4 Å². The number of rotatable bonds is 6. The number of esters is 2. The molecule has 1 aliphatic heterocycles. The molecule has 7 heteroatoms. The molecule has 0 unspecified atom stereocenters. The molecule has 7 nitrogen and oxygen atoms in total. The first-order chi connectivity index (χ1) is 16.0. The van der Waals surface area contributed by atoms with Crippen LogP contribution in [0.25, 0.3) is 0 Å². The van der Waals surface area contributed by atoms with Gasteiger partial charge >= 0.3 is 11.9 Å². The first-order valence-corrected chi connectivity index (χ1v) is 11.0. The Bertz CT molecular complexity index is 1080. The van der Waals surface area contributed by atoms with E-state index in [0.29, 0.717) is 17.5 Å². The van der Waals surface area contributed by atoms with E-state index in [0.717, 1.165) is 0 Å². The van der Waals surface area contributed by atoms with Crippen LogP contribution >= 0.6 is 0 Å². The van der Waals surface area contributed by atoms with Gasteiger partial charge in [-0.05, 0) is 36.6 Å². The number of carbonyl (C=O) groups excluding carboxylic acids is 3. The minimum absolute atomic E-state index is 0.0410. The summed E-state index contributed by atoms with van der Waals surface area (Å²) in [4.78, 5) is 39.1. The van der Waals surface area contributed by atoms with E-state index in [4.69, 9.17) is 18.9 Å². The Kier molecular flexibility index (Phi) is 5.60. The summed E-state index contributed by atoms with van der Waals surface area (Å²) in [6, 6.07) is 17.2. The maximum Gasteiger partial charge on any atom is 0.339 e. The maximum absolute atomic E-state index is 13.6. The second kappa shape index (κ2) is 8.57. The molecule has 2 aromatic carbocycles. The second-order valence-electron chi connectivity index (χ2n) is 8.54. The number of methoxy groups -OCH3 is 1. The van der Waals surface area contributed by atoms with Crippen molar-refractivity contribution in [2.75, 3.05) is 13.7 Å². The van der Waals surface area contributed by atoms with Crippen molar-refractivity contribution >= 4 is 17.7 Å². The van der Waals surface area contributed by atoms with Gasteiger partial charge in [0, 0.05) is 18.9 Å². The van der Waals surface area contributed by atoms with Crippen molar-refractivity contribution in [3.05, 3.63) is 83.9 Å². The quantitative estimate of drug-likeness (QED) is 0.495. The molecule has 33 heavy (non-hydrogen) atoms. The molecule has 2 aliphatic carbocycles. The zero-order chi connectivity index (χ0) is 23.0. The Morgan fingerprint density at radius 3 is 2.24 bits per heavy atom. The van der Waals surface area contributed by atoms with Crippen molar-refractivity contribution in [1.82, 2.24) is 0 Å². The Hall–Kier alpha value is -3.29. The minimum atomic E-state index is -1.44. The van der Waals surface area contributed by atoms with Crippen LogP contribution in [-0.2, 0) is 23.7 Å². The predicted molar refractivity (Wildman–Crippen MR) is 116 cm³/mol. The maximum atomic E-state index is 13.6. The molecule has 2 aromatic rings. The highest BCUT2D eigenvalue weighted by Gasteiger charge is 2.69. The predicted octanol–water partition coefficient (Wildman–Crippen LogP) is 3.20. The van der Waals surface area contributed by atoms with Gasteiger partial charge in [0.1, 0.15) is 12.7 Å². The van der Waals surface area contributed by atoms with E-state index in [1.807, 2.05) is 18.2 Å². The van der Waals surface area contributed by atoms with Gasteiger partial charge in [-0.1, -0.05) is 48.6 Å². The highest BCUT2D eigenvalue weighted by Crippen LogP contribution is 2.57. The summed E-state index contributed by atoms with van der Waals surface area (Å²) in [5.74, 6) is -2.30. The van der Waals surface area contributed by atoms with E-state index in [-0.39, 0.29) is 18.4 Å². The van der Waals surface area contributed by atoms with Crippen LogP contribution in [0.2, 0.25) is 0 Å². The first kappa shape index (κ1) is 21.6. The number of ketones is 1. The van der Waals surface area contributed by atoms with Gasteiger partial charge in [0.15, 0.2) is 5.60 Å². The molecule has 0 amide bonds. The zero-order valence-corrected chi connectivity index (χ0v) is 18.1. The molecule has 2 bridgehead atoms. The van der Waals surface area contributed by atoms with Gasteiger partial charge in [-0.2, -0.15) is 0 Å². The monoisotopic (exact) mass is 448 g/mol. The molecule has 3 aliphatic rings. The average molecular weight is 448 g/mol. The van der Waals surface area contributed by atoms with E-state index in [1.54, 1.807) is 54.6 Å². The molecule has 1 heterocycles. The Labute approximate surface area is 191 Å². The molecule has 6 atom stereocenters. The third kappa shape index (κ3) is 3.57. The summed E-state index contributed by atoms with van der Waals surface area (Å²) in [5.41, 5.74) is -0.658. The van der Waals surface area contributed by atoms with E-state index < -0.39 is 41.6 Å². The van der Waals surface area contributed by atoms with Crippen LogP contribution in [0.3, 0.4) is 0 Å². The van der Waals surface area contributed by atoms with Gasteiger partial charge in [0.05, 0.1) is 11.1 Å². The molecule has 0 radical (unpaired) electrons. The first-order valence-electron chi connectivity index (χ1n) is 11.0. The summed E-state index contributed by atoms with van der Waals surface area (Å²) in [5, 5.41) is 0. The fraction of sp³-hybridized carbons (Fsp3) is 0.346. The summed E-state index contributed by atoms with van der Waals surface area (Å²) in [6.45, 7) is -0.0900. The van der Waals surface area contributed by atoms with E-state index >= 15 is 0 Å². The number of allylic oxidation sites excluding steroid dienone is 1. The molecular formula is C26H24O7. The Morgan fingerprint density at radius 2 is 1.61 bits per heavy atom. The fourth-order valence-corrected chi connectivity index (χ4v) is 5.37. The van der Waals surface area contributed by atoms with Crippen LogP contribution in [0.4, 0.5) is 0 Å². The highest BCUT2D eigenvalue weighted by molar-refractivity contribution is 5.98. The molecule has 1 saturated carbocycles. The highest BCUT2D eigenvalue weighted by atomic mass is 16.7. The van der Waals surface area contributed by atoms with E-state index in [1.165, 1.54) is 7.11 Å². The molecule has 0 N–H and O–H groups in total. The number of hydrogen-bond donors (Lipinski definition) is 0. The largest absolute Gasteiger partial charge is 0.459 e. The molecular weight excluding hydrogens is 424 g/mol. The molecule has 2 fully saturated rings. The fourth-order valence-electron chi connectivity index (χ4n) is 5.37. The third-order valence-electron chi connectivity index (χ3n) is 6.80. The number of hydrogen-bond acceptors (Lipinski definition) is 7. The number of fused-ring (bicyclic) bond motifs is 5. The average Bonchev–Trinajstić information content (AvgIpc) is 3.46. The number of benzene rings is 2. The SMILES string of the molecule is CO[C@@H]1O[C@H](COC(=O)c2ccccc2)[C@@H]2[C@@H]3C=C[C@@H](C3)[C@]2(OC(=O)c2ccccc2)C1=O. The van der Waals surface area contributed by atoms with Crippen LogP contribution < -0.4 is 0 Å². The number of ether oxygens (including phenoxy) is 4. The van der Waals surface area contributed by atoms with Crippen LogP contribution in [0.1, 0.15) is 27.1 Å². The topological polar surface area (TPSA) is 88.1 Å². The lowest BCUT2D eigenvalue weighted by Crippen LogP contribution is -2.65. The van der Waals surface area contributed by atoms with E-state index in [9.17, 15) is 14.4 Å². The Morgan fingerprint density at radius 1 is 0.970 bits per heavy atom. The van der Waals surface area contributed by atoms with Gasteiger partial charge in [0.25, 0.3) is 0 Å². The van der Waals surface area contributed by atoms with Crippen LogP contribution in [0.5, 0.6) is 0 Å². The number of carbonyl (C=O) groups is 3. The van der Waals surface area contributed by atoms with E-state index in [2.05, 4.69) is 0 Å². The standard InChI is InChI=1S/C26H24O7/c1-30-25-22(27)26(33-24(29)17-10-6-3-7-11-17)19-13-12-18(14-19)21(26)20(32-25)15-31-23(28)16-8-4-2-5-9-16/h2-13,18-21,25H,14-15H2,1H3/t18-,19+,20-,21+,25-,26-/m1/s1. The van der Waals surface area contributed by atoms with Gasteiger partial charge in [-0.25, -0.2) is 9.59 Å². The third-order valence-corrected chi connectivity index (χ3v) is 6.80. The van der Waals surface area contributed by atoms with Crippen molar-refractivity contribution in [2.24, 2.45) is 17.8 Å². The molecule has 0 aromatic heterocycles. The van der Waals surface area contributed by atoms with Crippen LogP contribution in [0.15, 0.2) is 72.8 Å². The van der Waals surface area contributed by atoms with Crippen molar-refractivity contribution in [1.29, 1.82) is 0 Å². The van der Waals surface area contributed by atoms with Gasteiger partial charge in [-0.15, -0.1) is 0 Å². The summed E-state index contributed by atoms with van der Waals surface area (Å²) in [7, 11) is 1.37. The smallest absolute Gasteiger partial charge is 0.339 e. The van der Waals surface area contributed by atoms with Crippen molar-refractivity contribution in [2.45, 2.75) is 24.4 Å². The normalized spacial score (nSPS) is 31.8. The molecule has 1 saturated heterocycles. The van der Waals surface area contributed by atoms with Crippen LogP contribution in [0, 0.1) is 17.8 Å². The summed E-state index contributed by atoms with van der Waals surface area (Å²) < 4.78 is 22.9. The lowest BCUT2D eigenvalue weighted by atomic mass is 9.71.